The Kier molecular flexibility index (Phi) is 2.94. The predicted molar refractivity (Wildman–Crippen MR) is 71.7 cm³/mol. The van der Waals surface area contributed by atoms with Gasteiger partial charge in [0, 0.05) is 18.7 Å². The summed E-state index contributed by atoms with van der Waals surface area (Å²) in [5, 5.41) is 0. The summed E-state index contributed by atoms with van der Waals surface area (Å²) in [5.74, 6) is 1.83. The van der Waals surface area contributed by atoms with E-state index in [-0.39, 0.29) is 6.04 Å². The number of nitrogen functional groups attached to an aromatic ring is 1. The summed E-state index contributed by atoms with van der Waals surface area (Å²) in [6.45, 7) is 1.43. The number of imidazole rings is 1. The monoisotopic (exact) mass is 263 g/mol. The lowest BCUT2D eigenvalue weighted by molar-refractivity contribution is 0.187. The number of ether oxygens (including phenoxy) is 3. The van der Waals surface area contributed by atoms with Crippen LogP contribution in [0.15, 0.2) is 12.1 Å². The number of hydrogen-bond donors (Lipinski definition) is 1. The van der Waals surface area contributed by atoms with Crippen molar-refractivity contribution in [3.8, 4) is 11.5 Å². The zero-order valence-electron chi connectivity index (χ0n) is 11.0. The summed E-state index contributed by atoms with van der Waals surface area (Å²) < 4.78 is 18.1. The lowest BCUT2D eigenvalue weighted by atomic mass is 10.2. The van der Waals surface area contributed by atoms with Gasteiger partial charge >= 0.3 is 0 Å². The Labute approximate surface area is 111 Å². The number of benzene rings is 1. The fourth-order valence-electron chi connectivity index (χ4n) is 2.55. The third-order valence-electron chi connectivity index (χ3n) is 3.49. The number of nitrogens with two attached hydrogens (primary N) is 1. The third-order valence-corrected chi connectivity index (χ3v) is 3.49. The summed E-state index contributed by atoms with van der Waals surface area (Å²) in [7, 11) is 3.22. The summed E-state index contributed by atoms with van der Waals surface area (Å²) in [4.78, 5) is 4.39. The van der Waals surface area contributed by atoms with Crippen molar-refractivity contribution in [3.63, 3.8) is 0 Å². The van der Waals surface area contributed by atoms with Crippen LogP contribution in [0, 0.1) is 0 Å². The lowest BCUT2D eigenvalue weighted by Gasteiger charge is -2.14. The predicted octanol–water partition coefficient (Wildman–Crippen LogP) is 1.60. The minimum atomic E-state index is 0.239. The van der Waals surface area contributed by atoms with Gasteiger partial charge in [-0.05, 0) is 6.42 Å². The molecule has 1 aromatic carbocycles. The quantitative estimate of drug-likeness (QED) is 0.910. The van der Waals surface area contributed by atoms with Crippen LogP contribution in [0.2, 0.25) is 0 Å². The first-order chi connectivity index (χ1) is 9.24. The topological polar surface area (TPSA) is 71.5 Å². The minimum absolute atomic E-state index is 0.239. The van der Waals surface area contributed by atoms with E-state index in [9.17, 15) is 0 Å². The molecule has 6 nitrogen and oxygen atoms in total. The largest absolute Gasteiger partial charge is 0.493 e. The molecule has 19 heavy (non-hydrogen) atoms. The number of aromatic nitrogens is 2. The van der Waals surface area contributed by atoms with Crippen LogP contribution in [-0.2, 0) is 4.74 Å². The van der Waals surface area contributed by atoms with Gasteiger partial charge in [-0.2, -0.15) is 0 Å². The third kappa shape index (κ3) is 1.88. The maximum atomic E-state index is 6.03. The van der Waals surface area contributed by atoms with Gasteiger partial charge < -0.3 is 24.5 Å². The molecule has 0 saturated carbocycles. The zero-order chi connectivity index (χ0) is 13.4. The van der Waals surface area contributed by atoms with Crippen LogP contribution in [0.1, 0.15) is 12.5 Å². The number of fused-ring (bicyclic) bond motifs is 1. The van der Waals surface area contributed by atoms with E-state index in [4.69, 9.17) is 19.9 Å². The average Bonchev–Trinajstić information content (AvgIpc) is 3.02. The maximum Gasteiger partial charge on any atom is 0.201 e. The zero-order valence-corrected chi connectivity index (χ0v) is 11.0. The number of hydrogen-bond acceptors (Lipinski definition) is 5. The molecule has 102 valence electrons. The molecule has 2 heterocycles. The Bertz CT molecular complexity index is 603. The standard InChI is InChI=1S/C13H17N3O3/c1-17-11-5-9-10(6-12(11)18-2)16(13(14)15-9)8-3-4-19-7-8/h5-6,8H,3-4,7H2,1-2H3,(H2,14,15). The summed E-state index contributed by atoms with van der Waals surface area (Å²) >= 11 is 0. The van der Waals surface area contributed by atoms with Crippen molar-refractivity contribution in [3.05, 3.63) is 12.1 Å². The molecule has 0 bridgehead atoms. The van der Waals surface area contributed by atoms with Gasteiger partial charge in [0.2, 0.25) is 5.95 Å². The number of nitrogens with zero attached hydrogens (tertiary/aromatic N) is 2. The van der Waals surface area contributed by atoms with E-state index in [1.165, 1.54) is 0 Å². The van der Waals surface area contributed by atoms with Crippen LogP contribution in [0.25, 0.3) is 11.0 Å². The molecule has 1 saturated heterocycles. The molecule has 6 heteroatoms. The molecule has 0 radical (unpaired) electrons. The normalized spacial score (nSPS) is 18.9. The van der Waals surface area contributed by atoms with E-state index in [0.29, 0.717) is 24.1 Å². The van der Waals surface area contributed by atoms with E-state index in [0.717, 1.165) is 24.1 Å². The fraction of sp³-hybridized carbons (Fsp3) is 0.462. The van der Waals surface area contributed by atoms with Gasteiger partial charge in [0.05, 0.1) is 37.9 Å². The molecule has 3 rings (SSSR count). The van der Waals surface area contributed by atoms with E-state index < -0.39 is 0 Å². The molecule has 0 amide bonds. The molecule has 0 spiro atoms. The van der Waals surface area contributed by atoms with Crippen molar-refractivity contribution in [1.29, 1.82) is 0 Å². The van der Waals surface area contributed by atoms with Gasteiger partial charge in [-0.3, -0.25) is 0 Å². The van der Waals surface area contributed by atoms with Crippen molar-refractivity contribution >= 4 is 17.0 Å². The first kappa shape index (κ1) is 12.1. The molecule has 1 aliphatic rings. The van der Waals surface area contributed by atoms with Gasteiger partial charge in [0.25, 0.3) is 0 Å². The summed E-state index contributed by atoms with van der Waals surface area (Å²) in [6, 6.07) is 4.00. The highest BCUT2D eigenvalue weighted by Crippen LogP contribution is 2.35. The van der Waals surface area contributed by atoms with Gasteiger partial charge in [-0.25, -0.2) is 4.98 Å². The smallest absolute Gasteiger partial charge is 0.201 e. The highest BCUT2D eigenvalue weighted by Gasteiger charge is 2.23. The molecule has 2 N–H and O–H groups in total. The van der Waals surface area contributed by atoms with Crippen LogP contribution in [0.5, 0.6) is 11.5 Å². The molecule has 2 aromatic rings. The SMILES string of the molecule is COc1cc2nc(N)n(C3CCOC3)c2cc1OC. The lowest BCUT2D eigenvalue weighted by Crippen LogP contribution is -2.11. The molecule has 0 aliphatic carbocycles. The van der Waals surface area contributed by atoms with Crippen LogP contribution in [0.4, 0.5) is 5.95 Å². The molecular weight excluding hydrogens is 246 g/mol. The first-order valence-electron chi connectivity index (χ1n) is 6.21. The van der Waals surface area contributed by atoms with Crippen molar-refractivity contribution in [2.75, 3.05) is 33.2 Å². The second-order valence-electron chi connectivity index (χ2n) is 4.55. The molecular formula is C13H17N3O3. The van der Waals surface area contributed by atoms with Gasteiger partial charge in [0.1, 0.15) is 0 Å². The highest BCUT2D eigenvalue weighted by atomic mass is 16.5. The van der Waals surface area contributed by atoms with Crippen molar-refractivity contribution < 1.29 is 14.2 Å². The Morgan fingerprint density at radius 3 is 2.68 bits per heavy atom. The van der Waals surface area contributed by atoms with Gasteiger partial charge in [0.15, 0.2) is 11.5 Å². The van der Waals surface area contributed by atoms with Crippen molar-refractivity contribution in [2.45, 2.75) is 12.5 Å². The van der Waals surface area contributed by atoms with Gasteiger partial charge in [-0.1, -0.05) is 0 Å². The van der Waals surface area contributed by atoms with Crippen LogP contribution in [0.3, 0.4) is 0 Å². The number of anilines is 1. The minimum Gasteiger partial charge on any atom is -0.493 e. The molecule has 1 fully saturated rings. The average molecular weight is 263 g/mol. The Morgan fingerprint density at radius 2 is 2.05 bits per heavy atom. The Morgan fingerprint density at radius 1 is 1.32 bits per heavy atom. The summed E-state index contributed by atoms with van der Waals surface area (Å²) in [5.41, 5.74) is 7.79. The van der Waals surface area contributed by atoms with Crippen LogP contribution in [-0.4, -0.2) is 37.0 Å². The highest BCUT2D eigenvalue weighted by molar-refractivity contribution is 5.82. The fourth-order valence-corrected chi connectivity index (χ4v) is 2.55. The van der Waals surface area contributed by atoms with Crippen LogP contribution < -0.4 is 15.2 Å². The molecule has 1 unspecified atom stereocenters. The Hall–Kier alpha value is -1.95. The second-order valence-corrected chi connectivity index (χ2v) is 4.55. The first-order valence-corrected chi connectivity index (χ1v) is 6.21. The van der Waals surface area contributed by atoms with Crippen molar-refractivity contribution in [1.82, 2.24) is 9.55 Å². The van der Waals surface area contributed by atoms with Crippen LogP contribution >= 0.6 is 0 Å². The van der Waals surface area contributed by atoms with Gasteiger partial charge in [-0.15, -0.1) is 0 Å². The second kappa shape index (κ2) is 4.62. The maximum absolute atomic E-state index is 6.03. The van der Waals surface area contributed by atoms with Crippen molar-refractivity contribution in [2.24, 2.45) is 0 Å². The van der Waals surface area contributed by atoms with E-state index in [2.05, 4.69) is 4.98 Å². The summed E-state index contributed by atoms with van der Waals surface area (Å²) in [6.07, 6.45) is 0.948. The molecule has 1 aromatic heterocycles. The van der Waals surface area contributed by atoms with E-state index in [1.54, 1.807) is 14.2 Å². The molecule has 1 aliphatic heterocycles. The number of methoxy groups -OCH3 is 2. The van der Waals surface area contributed by atoms with E-state index >= 15 is 0 Å². The molecule has 1 atom stereocenters. The number of rotatable bonds is 3. The van der Waals surface area contributed by atoms with E-state index in [1.807, 2.05) is 16.7 Å². The Balaban J connectivity index is 2.18.